The monoisotopic (exact) mass is 356 g/mol. The number of allylic oxidation sites excluding steroid dienone is 3. The van der Waals surface area contributed by atoms with Gasteiger partial charge in [0.2, 0.25) is 0 Å². The van der Waals surface area contributed by atoms with Gasteiger partial charge in [-0.1, -0.05) is 12.2 Å². The number of amides is 2. The van der Waals surface area contributed by atoms with Crippen molar-refractivity contribution in [1.29, 1.82) is 0 Å². The molecule has 5 heteroatoms. The van der Waals surface area contributed by atoms with E-state index in [2.05, 4.69) is 6.08 Å². The fourth-order valence-corrected chi connectivity index (χ4v) is 3.75. The van der Waals surface area contributed by atoms with E-state index in [0.29, 0.717) is 31.5 Å². The lowest BCUT2D eigenvalue weighted by atomic mass is 9.89. The number of halogens is 1. The van der Waals surface area contributed by atoms with Crippen LogP contribution in [-0.2, 0) is 0 Å². The minimum Gasteiger partial charge on any atom is -0.324 e. The second kappa shape index (κ2) is 7.85. The van der Waals surface area contributed by atoms with Crippen LogP contribution in [0.2, 0.25) is 0 Å². The Hall–Kier alpha value is -2.43. The number of urea groups is 1. The van der Waals surface area contributed by atoms with E-state index in [4.69, 9.17) is 0 Å². The van der Waals surface area contributed by atoms with E-state index < -0.39 is 0 Å². The number of likely N-dealkylation sites (tertiary alicyclic amines) is 1. The van der Waals surface area contributed by atoms with E-state index >= 15 is 0 Å². The summed E-state index contributed by atoms with van der Waals surface area (Å²) in [6.45, 7) is 5.86. The normalized spacial score (nSPS) is 18.9. The Bertz CT molecular complexity index is 744. The van der Waals surface area contributed by atoms with Crippen molar-refractivity contribution in [3.8, 4) is 0 Å². The minimum atomic E-state index is -0.340. The van der Waals surface area contributed by atoms with Crippen LogP contribution in [0.3, 0.4) is 0 Å². The number of carbonyl (C=O) groups excluding carboxylic acids is 2. The number of ketones is 1. The summed E-state index contributed by atoms with van der Waals surface area (Å²) in [5.74, 6) is -0.392. The third kappa shape index (κ3) is 3.71. The van der Waals surface area contributed by atoms with Crippen LogP contribution in [0.15, 0.2) is 47.7 Å². The van der Waals surface area contributed by atoms with Crippen LogP contribution in [0, 0.1) is 11.7 Å². The van der Waals surface area contributed by atoms with E-state index in [1.54, 1.807) is 0 Å². The Morgan fingerprint density at radius 1 is 1.12 bits per heavy atom. The molecule has 2 amide bonds. The highest BCUT2D eigenvalue weighted by atomic mass is 19.1. The Labute approximate surface area is 154 Å². The zero-order chi connectivity index (χ0) is 18.7. The van der Waals surface area contributed by atoms with Crippen molar-refractivity contribution in [2.75, 3.05) is 19.6 Å². The van der Waals surface area contributed by atoms with Crippen LogP contribution in [0.25, 0.3) is 0 Å². The molecule has 4 nitrogen and oxygen atoms in total. The van der Waals surface area contributed by atoms with Crippen LogP contribution < -0.4 is 0 Å². The zero-order valence-corrected chi connectivity index (χ0v) is 15.4. The van der Waals surface area contributed by atoms with Crippen molar-refractivity contribution in [3.63, 3.8) is 0 Å². The molecule has 1 aromatic carbocycles. The van der Waals surface area contributed by atoms with Gasteiger partial charge in [0.05, 0.1) is 0 Å². The standard InChI is InChI=1S/C21H25FN2O2/c1-3-4-16-11-14-24(15(16)2)21(26)23-12-9-18(10-13-23)20(25)17-5-7-19(22)8-6-17/h3-8,18H,9-14H2,1-2H3. The first-order valence-electron chi connectivity index (χ1n) is 9.20. The summed E-state index contributed by atoms with van der Waals surface area (Å²) in [7, 11) is 0. The molecule has 0 aliphatic carbocycles. The van der Waals surface area contributed by atoms with Gasteiger partial charge in [-0.25, -0.2) is 9.18 Å². The second-order valence-corrected chi connectivity index (χ2v) is 6.93. The molecule has 0 atom stereocenters. The maximum absolute atomic E-state index is 13.0. The highest BCUT2D eigenvalue weighted by molar-refractivity contribution is 5.98. The molecule has 0 spiro atoms. The van der Waals surface area contributed by atoms with Gasteiger partial charge in [0.15, 0.2) is 5.78 Å². The van der Waals surface area contributed by atoms with Crippen LogP contribution in [0.1, 0.15) is 43.5 Å². The molecule has 0 bridgehead atoms. The molecule has 2 aliphatic rings. The van der Waals surface area contributed by atoms with Gasteiger partial charge >= 0.3 is 6.03 Å². The fourth-order valence-electron chi connectivity index (χ4n) is 3.75. The molecule has 3 rings (SSSR count). The van der Waals surface area contributed by atoms with Gasteiger partial charge in [-0.3, -0.25) is 9.69 Å². The summed E-state index contributed by atoms with van der Waals surface area (Å²) >= 11 is 0. The number of benzene rings is 1. The number of hydrogen-bond donors (Lipinski definition) is 0. The maximum Gasteiger partial charge on any atom is 0.324 e. The molecule has 0 saturated carbocycles. The van der Waals surface area contributed by atoms with Crippen molar-refractivity contribution < 1.29 is 14.0 Å². The molecule has 0 aromatic heterocycles. The molecule has 1 saturated heterocycles. The molecule has 138 valence electrons. The average Bonchev–Trinajstić information content (AvgIpc) is 3.02. The maximum atomic E-state index is 13.0. The molecular formula is C21H25FN2O2. The van der Waals surface area contributed by atoms with Gasteiger partial charge in [0.1, 0.15) is 5.82 Å². The summed E-state index contributed by atoms with van der Waals surface area (Å²) in [6.07, 6.45) is 6.26. The number of piperidine rings is 1. The molecule has 0 radical (unpaired) electrons. The van der Waals surface area contributed by atoms with Crippen molar-refractivity contribution in [2.24, 2.45) is 5.92 Å². The SMILES string of the molecule is CC=CC1=C(C)N(C(=O)N2CCC(C(=O)c3ccc(F)cc3)CC2)CC1. The predicted molar refractivity (Wildman–Crippen MR) is 99.3 cm³/mol. The Morgan fingerprint density at radius 3 is 2.38 bits per heavy atom. The summed E-state index contributed by atoms with van der Waals surface area (Å²) < 4.78 is 13.0. The van der Waals surface area contributed by atoms with E-state index in [-0.39, 0.29) is 23.5 Å². The molecule has 1 aromatic rings. The van der Waals surface area contributed by atoms with Gasteiger partial charge in [-0.15, -0.1) is 0 Å². The van der Waals surface area contributed by atoms with E-state index in [1.165, 1.54) is 29.8 Å². The van der Waals surface area contributed by atoms with Crippen LogP contribution in [-0.4, -0.2) is 41.2 Å². The topological polar surface area (TPSA) is 40.6 Å². The first-order valence-corrected chi connectivity index (χ1v) is 9.20. The molecule has 26 heavy (non-hydrogen) atoms. The Kier molecular flexibility index (Phi) is 5.55. The number of carbonyl (C=O) groups is 2. The number of Topliss-reactive ketones (excluding diaryl/α,β-unsaturated/α-hetero) is 1. The van der Waals surface area contributed by atoms with Gasteiger partial charge in [0, 0.05) is 36.8 Å². The smallest absolute Gasteiger partial charge is 0.324 e. The van der Waals surface area contributed by atoms with E-state index in [9.17, 15) is 14.0 Å². The van der Waals surface area contributed by atoms with Crippen molar-refractivity contribution in [1.82, 2.24) is 9.80 Å². The van der Waals surface area contributed by atoms with Crippen LogP contribution in [0.4, 0.5) is 9.18 Å². The van der Waals surface area contributed by atoms with Crippen LogP contribution >= 0.6 is 0 Å². The summed E-state index contributed by atoms with van der Waals surface area (Å²) in [5, 5.41) is 0. The highest BCUT2D eigenvalue weighted by Crippen LogP contribution is 2.27. The fraction of sp³-hybridized carbons (Fsp3) is 0.429. The second-order valence-electron chi connectivity index (χ2n) is 6.93. The summed E-state index contributed by atoms with van der Waals surface area (Å²) in [4.78, 5) is 29.1. The molecule has 2 aliphatic heterocycles. The summed E-state index contributed by atoms with van der Waals surface area (Å²) in [5.41, 5.74) is 2.78. The highest BCUT2D eigenvalue weighted by Gasteiger charge is 2.32. The molecule has 1 fully saturated rings. The van der Waals surface area contributed by atoms with Gasteiger partial charge in [-0.05, 0) is 62.9 Å². The first kappa shape index (κ1) is 18.4. The Morgan fingerprint density at radius 2 is 1.77 bits per heavy atom. The van der Waals surface area contributed by atoms with Crippen molar-refractivity contribution in [2.45, 2.75) is 33.1 Å². The molecule has 0 unspecified atom stereocenters. The number of nitrogens with zero attached hydrogens (tertiary/aromatic N) is 2. The van der Waals surface area contributed by atoms with E-state index in [1.807, 2.05) is 29.7 Å². The third-order valence-electron chi connectivity index (χ3n) is 5.34. The van der Waals surface area contributed by atoms with Gasteiger partial charge in [-0.2, -0.15) is 0 Å². The van der Waals surface area contributed by atoms with Gasteiger partial charge < -0.3 is 4.90 Å². The third-order valence-corrected chi connectivity index (χ3v) is 5.34. The molecule has 2 heterocycles. The lowest BCUT2D eigenvalue weighted by molar-refractivity contribution is 0.0842. The van der Waals surface area contributed by atoms with E-state index in [0.717, 1.165) is 18.7 Å². The first-order chi connectivity index (χ1) is 12.5. The quantitative estimate of drug-likeness (QED) is 0.754. The van der Waals surface area contributed by atoms with Gasteiger partial charge in [0.25, 0.3) is 0 Å². The lowest BCUT2D eigenvalue weighted by Crippen LogP contribution is -2.46. The predicted octanol–water partition coefficient (Wildman–Crippen LogP) is 4.40. The molecular weight excluding hydrogens is 331 g/mol. The number of rotatable bonds is 3. The van der Waals surface area contributed by atoms with Crippen molar-refractivity contribution >= 4 is 11.8 Å². The number of hydrogen-bond acceptors (Lipinski definition) is 2. The minimum absolute atomic E-state index is 0.0367. The lowest BCUT2D eigenvalue weighted by Gasteiger charge is -2.34. The zero-order valence-electron chi connectivity index (χ0n) is 15.4. The molecule has 0 N–H and O–H groups in total. The largest absolute Gasteiger partial charge is 0.324 e. The van der Waals surface area contributed by atoms with Crippen LogP contribution in [0.5, 0.6) is 0 Å². The Balaban J connectivity index is 1.59. The average molecular weight is 356 g/mol. The summed E-state index contributed by atoms with van der Waals surface area (Å²) in [6, 6.07) is 5.75. The van der Waals surface area contributed by atoms with Crippen molar-refractivity contribution in [3.05, 3.63) is 59.1 Å².